The maximum Gasteiger partial charge on any atom is 0.146 e. The minimum atomic E-state index is -0.455. The van der Waals surface area contributed by atoms with Crippen LogP contribution in [0.4, 0.5) is 14.5 Å². The highest BCUT2D eigenvalue weighted by Crippen LogP contribution is 2.30. The smallest absolute Gasteiger partial charge is 0.146 e. The summed E-state index contributed by atoms with van der Waals surface area (Å²) in [5.74, 6) is -0.875. The first-order chi connectivity index (χ1) is 9.38. The van der Waals surface area contributed by atoms with Crippen molar-refractivity contribution in [2.75, 3.05) is 5.32 Å². The second-order valence-corrected chi connectivity index (χ2v) is 6.38. The van der Waals surface area contributed by atoms with Crippen LogP contribution in [-0.4, -0.2) is 0 Å². The van der Waals surface area contributed by atoms with Crippen LogP contribution in [0.25, 0.3) is 0 Å². The van der Waals surface area contributed by atoms with Crippen molar-refractivity contribution < 1.29 is 8.78 Å². The van der Waals surface area contributed by atoms with Gasteiger partial charge in [-0.15, -0.1) is 0 Å². The standard InChI is InChI=1S/C15H13Br2F2N/c1-8-5-14(19)15(7-13(8)18)20-9(2)11-4-3-10(16)6-12(11)17/h3-7,9,20H,1-2H3. The Morgan fingerprint density at radius 2 is 1.75 bits per heavy atom. The summed E-state index contributed by atoms with van der Waals surface area (Å²) in [4.78, 5) is 0. The minimum absolute atomic E-state index is 0.158. The third-order valence-electron chi connectivity index (χ3n) is 3.05. The quantitative estimate of drug-likeness (QED) is 0.664. The van der Waals surface area contributed by atoms with Crippen LogP contribution in [0.5, 0.6) is 0 Å². The number of aryl methyl sites for hydroxylation is 1. The maximum absolute atomic E-state index is 13.8. The van der Waals surface area contributed by atoms with E-state index in [1.807, 2.05) is 25.1 Å². The lowest BCUT2D eigenvalue weighted by Gasteiger charge is -2.18. The molecular formula is C15H13Br2F2N. The predicted octanol–water partition coefficient (Wildman–Crippen LogP) is 5.97. The second kappa shape index (κ2) is 6.22. The lowest BCUT2D eigenvalue weighted by molar-refractivity contribution is 0.593. The van der Waals surface area contributed by atoms with E-state index in [4.69, 9.17) is 0 Å². The molecule has 0 bridgehead atoms. The lowest BCUT2D eigenvalue weighted by Crippen LogP contribution is -2.09. The third kappa shape index (κ3) is 3.38. The van der Waals surface area contributed by atoms with Gasteiger partial charge < -0.3 is 5.32 Å². The van der Waals surface area contributed by atoms with Gasteiger partial charge in [-0.3, -0.25) is 0 Å². The number of hydrogen-bond donors (Lipinski definition) is 1. The van der Waals surface area contributed by atoms with Crippen LogP contribution in [0.1, 0.15) is 24.1 Å². The zero-order chi connectivity index (χ0) is 14.9. The number of anilines is 1. The van der Waals surface area contributed by atoms with Crippen molar-refractivity contribution in [1.82, 2.24) is 0 Å². The summed E-state index contributed by atoms with van der Waals surface area (Å²) < 4.78 is 29.2. The number of halogens is 4. The Morgan fingerprint density at radius 3 is 2.40 bits per heavy atom. The average Bonchev–Trinajstić information content (AvgIpc) is 2.35. The van der Waals surface area contributed by atoms with Crippen molar-refractivity contribution >= 4 is 37.5 Å². The molecule has 1 atom stereocenters. The van der Waals surface area contributed by atoms with E-state index in [1.54, 1.807) is 0 Å². The van der Waals surface area contributed by atoms with E-state index in [0.717, 1.165) is 14.5 Å². The first-order valence-electron chi connectivity index (χ1n) is 6.05. The molecule has 0 spiro atoms. The number of nitrogens with one attached hydrogen (secondary N) is 1. The molecule has 0 aromatic heterocycles. The number of hydrogen-bond acceptors (Lipinski definition) is 1. The molecule has 0 aliphatic carbocycles. The molecule has 0 heterocycles. The molecule has 1 unspecified atom stereocenters. The van der Waals surface area contributed by atoms with Gasteiger partial charge in [0.05, 0.1) is 5.69 Å². The van der Waals surface area contributed by atoms with Gasteiger partial charge in [-0.1, -0.05) is 37.9 Å². The largest absolute Gasteiger partial charge is 0.376 e. The fraction of sp³-hybridized carbons (Fsp3) is 0.200. The summed E-state index contributed by atoms with van der Waals surface area (Å²) in [7, 11) is 0. The Bertz CT molecular complexity index is 644. The van der Waals surface area contributed by atoms with E-state index < -0.39 is 11.6 Å². The summed E-state index contributed by atoms with van der Waals surface area (Å²) in [6, 6.07) is 7.97. The number of rotatable bonds is 3. The SMILES string of the molecule is Cc1cc(F)c(NC(C)c2ccc(Br)cc2Br)cc1F. The zero-order valence-corrected chi connectivity index (χ0v) is 14.1. The molecule has 0 fully saturated rings. The Kier molecular flexibility index (Phi) is 4.81. The first-order valence-corrected chi connectivity index (χ1v) is 7.64. The van der Waals surface area contributed by atoms with Gasteiger partial charge in [-0.25, -0.2) is 8.78 Å². The highest BCUT2D eigenvalue weighted by atomic mass is 79.9. The van der Waals surface area contributed by atoms with Crippen LogP contribution in [0, 0.1) is 18.6 Å². The zero-order valence-electron chi connectivity index (χ0n) is 11.0. The normalized spacial score (nSPS) is 12.3. The Labute approximate surface area is 133 Å². The molecule has 20 heavy (non-hydrogen) atoms. The molecule has 0 aliphatic rings. The van der Waals surface area contributed by atoms with E-state index in [1.165, 1.54) is 19.1 Å². The Morgan fingerprint density at radius 1 is 1.05 bits per heavy atom. The van der Waals surface area contributed by atoms with Crippen LogP contribution in [-0.2, 0) is 0 Å². The summed E-state index contributed by atoms with van der Waals surface area (Å²) in [6.07, 6.45) is 0. The molecular weight excluding hydrogens is 392 g/mol. The van der Waals surface area contributed by atoms with Crippen molar-refractivity contribution in [3.05, 3.63) is 62.0 Å². The van der Waals surface area contributed by atoms with E-state index in [2.05, 4.69) is 37.2 Å². The maximum atomic E-state index is 13.8. The fourth-order valence-corrected chi connectivity index (χ4v) is 3.31. The van der Waals surface area contributed by atoms with Crippen molar-refractivity contribution in [3.8, 4) is 0 Å². The molecule has 5 heteroatoms. The second-order valence-electron chi connectivity index (χ2n) is 4.61. The average molecular weight is 405 g/mol. The van der Waals surface area contributed by atoms with Crippen molar-refractivity contribution in [2.45, 2.75) is 19.9 Å². The minimum Gasteiger partial charge on any atom is -0.376 e. The molecule has 0 radical (unpaired) electrons. The summed E-state index contributed by atoms with van der Waals surface area (Å²) in [5.41, 5.74) is 1.43. The molecule has 0 aliphatic heterocycles. The summed E-state index contributed by atoms with van der Waals surface area (Å²) in [5, 5.41) is 2.99. The predicted molar refractivity (Wildman–Crippen MR) is 85.0 cm³/mol. The topological polar surface area (TPSA) is 12.0 Å². The van der Waals surface area contributed by atoms with Crippen molar-refractivity contribution in [1.29, 1.82) is 0 Å². The van der Waals surface area contributed by atoms with Gasteiger partial charge >= 0.3 is 0 Å². The fourth-order valence-electron chi connectivity index (χ4n) is 1.92. The molecule has 0 saturated carbocycles. The van der Waals surface area contributed by atoms with Crippen LogP contribution in [0.3, 0.4) is 0 Å². The van der Waals surface area contributed by atoms with Gasteiger partial charge in [-0.2, -0.15) is 0 Å². The monoisotopic (exact) mass is 403 g/mol. The molecule has 1 N–H and O–H groups in total. The Balaban J connectivity index is 2.27. The van der Waals surface area contributed by atoms with E-state index >= 15 is 0 Å². The van der Waals surface area contributed by atoms with Gasteiger partial charge in [-0.05, 0) is 43.2 Å². The van der Waals surface area contributed by atoms with E-state index in [9.17, 15) is 8.78 Å². The van der Waals surface area contributed by atoms with E-state index in [-0.39, 0.29) is 11.7 Å². The van der Waals surface area contributed by atoms with Gasteiger partial charge in [0.2, 0.25) is 0 Å². The first kappa shape index (κ1) is 15.4. The lowest BCUT2D eigenvalue weighted by atomic mass is 10.1. The van der Waals surface area contributed by atoms with Crippen LogP contribution >= 0.6 is 31.9 Å². The van der Waals surface area contributed by atoms with Crippen LogP contribution in [0.15, 0.2) is 39.3 Å². The molecule has 1 nitrogen and oxygen atoms in total. The molecule has 2 aromatic rings. The molecule has 106 valence electrons. The summed E-state index contributed by atoms with van der Waals surface area (Å²) >= 11 is 6.85. The van der Waals surface area contributed by atoms with Crippen molar-refractivity contribution in [3.63, 3.8) is 0 Å². The third-order valence-corrected chi connectivity index (χ3v) is 4.23. The highest BCUT2D eigenvalue weighted by molar-refractivity contribution is 9.11. The Hall–Kier alpha value is -0.940. The van der Waals surface area contributed by atoms with Gasteiger partial charge in [0.1, 0.15) is 11.6 Å². The van der Waals surface area contributed by atoms with Crippen LogP contribution < -0.4 is 5.32 Å². The number of benzene rings is 2. The van der Waals surface area contributed by atoms with E-state index in [0.29, 0.717) is 5.56 Å². The van der Waals surface area contributed by atoms with Gasteiger partial charge in [0.15, 0.2) is 0 Å². The summed E-state index contributed by atoms with van der Waals surface area (Å²) in [6.45, 7) is 3.43. The molecule has 0 amide bonds. The molecule has 0 saturated heterocycles. The van der Waals surface area contributed by atoms with Crippen LogP contribution in [0.2, 0.25) is 0 Å². The van der Waals surface area contributed by atoms with Crippen molar-refractivity contribution in [2.24, 2.45) is 0 Å². The molecule has 2 rings (SSSR count). The van der Waals surface area contributed by atoms with Gasteiger partial charge in [0.25, 0.3) is 0 Å². The highest BCUT2D eigenvalue weighted by Gasteiger charge is 2.13. The van der Waals surface area contributed by atoms with Gasteiger partial charge in [0, 0.05) is 21.1 Å². The molecule has 2 aromatic carbocycles.